The van der Waals surface area contributed by atoms with Crippen LogP contribution in [0.4, 0.5) is 0 Å². The minimum Gasteiger partial charge on any atom is -0.395 e. The third-order valence-corrected chi connectivity index (χ3v) is 2.33. The van der Waals surface area contributed by atoms with Gasteiger partial charge in [-0.15, -0.1) is 6.58 Å². The minimum atomic E-state index is 0.220. The Labute approximate surface area is 87.8 Å². The molecule has 0 radical (unpaired) electrons. The lowest BCUT2D eigenvalue weighted by Gasteiger charge is -2.30. The van der Waals surface area contributed by atoms with E-state index in [4.69, 9.17) is 5.11 Å². The van der Waals surface area contributed by atoms with Crippen molar-refractivity contribution in [2.75, 3.05) is 33.3 Å². The number of nitrogens with one attached hydrogen (secondary N) is 1. The molecular weight excluding hydrogens is 176 g/mol. The minimum absolute atomic E-state index is 0.220. The molecule has 1 atom stereocenters. The second kappa shape index (κ2) is 9.19. The molecule has 0 heterocycles. The van der Waals surface area contributed by atoms with Crippen molar-refractivity contribution in [3.63, 3.8) is 0 Å². The highest BCUT2D eigenvalue weighted by molar-refractivity contribution is 4.80. The molecule has 0 aliphatic heterocycles. The zero-order valence-corrected chi connectivity index (χ0v) is 9.50. The number of aliphatic hydroxyl groups excluding tert-OH is 1. The number of aliphatic hydroxyl groups is 1. The lowest BCUT2D eigenvalue weighted by Crippen LogP contribution is -2.43. The SMILES string of the molecule is C=CCN(CCO)C(CCC)CNC. The summed E-state index contributed by atoms with van der Waals surface area (Å²) in [5, 5.41) is 12.1. The van der Waals surface area contributed by atoms with E-state index in [2.05, 4.69) is 23.7 Å². The molecule has 0 aromatic carbocycles. The van der Waals surface area contributed by atoms with Gasteiger partial charge >= 0.3 is 0 Å². The van der Waals surface area contributed by atoms with Crippen molar-refractivity contribution in [3.05, 3.63) is 12.7 Å². The van der Waals surface area contributed by atoms with Crippen LogP contribution in [0.25, 0.3) is 0 Å². The molecule has 0 amide bonds. The average molecular weight is 200 g/mol. The maximum atomic E-state index is 8.95. The quantitative estimate of drug-likeness (QED) is 0.542. The first kappa shape index (κ1) is 13.6. The summed E-state index contributed by atoms with van der Waals surface area (Å²) in [7, 11) is 1.97. The van der Waals surface area contributed by atoms with Gasteiger partial charge in [0.15, 0.2) is 0 Å². The molecule has 3 heteroatoms. The fraction of sp³-hybridized carbons (Fsp3) is 0.818. The van der Waals surface area contributed by atoms with Crippen molar-refractivity contribution in [2.24, 2.45) is 0 Å². The van der Waals surface area contributed by atoms with Gasteiger partial charge in [0.05, 0.1) is 6.61 Å². The van der Waals surface area contributed by atoms with Gasteiger partial charge in [-0.05, 0) is 13.5 Å². The molecule has 2 N–H and O–H groups in total. The monoisotopic (exact) mass is 200 g/mol. The van der Waals surface area contributed by atoms with Crippen LogP contribution in [0.3, 0.4) is 0 Å². The van der Waals surface area contributed by atoms with Gasteiger partial charge in [-0.2, -0.15) is 0 Å². The Hall–Kier alpha value is -0.380. The van der Waals surface area contributed by atoms with Crippen LogP contribution >= 0.6 is 0 Å². The molecule has 0 saturated heterocycles. The molecule has 14 heavy (non-hydrogen) atoms. The van der Waals surface area contributed by atoms with E-state index in [0.29, 0.717) is 6.04 Å². The standard InChI is InChI=1S/C11H24N2O/c1-4-6-11(10-12-3)13(7-5-2)8-9-14/h5,11-12,14H,2,4,6-10H2,1,3H3. The highest BCUT2D eigenvalue weighted by Gasteiger charge is 2.14. The molecule has 0 aliphatic rings. The number of likely N-dealkylation sites (N-methyl/N-ethyl adjacent to an activating group) is 1. The highest BCUT2D eigenvalue weighted by Crippen LogP contribution is 2.06. The Balaban J connectivity index is 4.12. The van der Waals surface area contributed by atoms with E-state index in [1.165, 1.54) is 6.42 Å². The van der Waals surface area contributed by atoms with Gasteiger partial charge in [-0.25, -0.2) is 0 Å². The molecule has 0 saturated carbocycles. The summed E-state index contributed by atoms with van der Waals surface area (Å²) in [6, 6.07) is 0.509. The lowest BCUT2D eigenvalue weighted by molar-refractivity contribution is 0.156. The highest BCUT2D eigenvalue weighted by atomic mass is 16.3. The molecule has 0 spiro atoms. The third-order valence-electron chi connectivity index (χ3n) is 2.33. The summed E-state index contributed by atoms with van der Waals surface area (Å²) in [6.07, 6.45) is 4.23. The maximum Gasteiger partial charge on any atom is 0.0558 e. The fourth-order valence-corrected chi connectivity index (χ4v) is 1.70. The van der Waals surface area contributed by atoms with Crippen molar-refractivity contribution < 1.29 is 5.11 Å². The van der Waals surface area contributed by atoms with Crippen LogP contribution < -0.4 is 5.32 Å². The Kier molecular flexibility index (Phi) is 8.94. The summed E-state index contributed by atoms with van der Waals surface area (Å²) in [5.74, 6) is 0. The number of rotatable bonds is 9. The van der Waals surface area contributed by atoms with E-state index in [0.717, 1.165) is 26.1 Å². The Morgan fingerprint density at radius 2 is 2.29 bits per heavy atom. The van der Waals surface area contributed by atoms with E-state index in [1.807, 2.05) is 13.1 Å². The zero-order valence-electron chi connectivity index (χ0n) is 9.50. The average Bonchev–Trinajstić information content (AvgIpc) is 2.17. The van der Waals surface area contributed by atoms with Crippen LogP contribution in [0.5, 0.6) is 0 Å². The van der Waals surface area contributed by atoms with E-state index in [9.17, 15) is 0 Å². The molecule has 0 bridgehead atoms. The molecule has 84 valence electrons. The van der Waals surface area contributed by atoms with E-state index in [1.54, 1.807) is 0 Å². The lowest BCUT2D eigenvalue weighted by atomic mass is 10.1. The molecule has 0 aromatic heterocycles. The van der Waals surface area contributed by atoms with Gasteiger partial charge < -0.3 is 10.4 Å². The van der Waals surface area contributed by atoms with E-state index >= 15 is 0 Å². The number of hydrogen-bond donors (Lipinski definition) is 2. The molecule has 0 aromatic rings. The Morgan fingerprint density at radius 3 is 2.71 bits per heavy atom. The van der Waals surface area contributed by atoms with Gasteiger partial charge in [0.25, 0.3) is 0 Å². The van der Waals surface area contributed by atoms with E-state index in [-0.39, 0.29) is 6.61 Å². The van der Waals surface area contributed by atoms with Crippen molar-refractivity contribution in [1.82, 2.24) is 10.2 Å². The van der Waals surface area contributed by atoms with Crippen LogP contribution in [0.2, 0.25) is 0 Å². The van der Waals surface area contributed by atoms with E-state index < -0.39 is 0 Å². The smallest absolute Gasteiger partial charge is 0.0558 e. The predicted molar refractivity (Wildman–Crippen MR) is 61.5 cm³/mol. The predicted octanol–water partition coefficient (Wildman–Crippen LogP) is 0.855. The molecule has 0 rings (SSSR count). The molecule has 0 fully saturated rings. The first-order valence-corrected chi connectivity index (χ1v) is 5.40. The van der Waals surface area contributed by atoms with Crippen LogP contribution in [0.15, 0.2) is 12.7 Å². The fourth-order valence-electron chi connectivity index (χ4n) is 1.70. The maximum absolute atomic E-state index is 8.95. The summed E-state index contributed by atoms with van der Waals surface area (Å²) < 4.78 is 0. The van der Waals surface area contributed by atoms with Gasteiger partial charge in [0.1, 0.15) is 0 Å². The van der Waals surface area contributed by atoms with Crippen molar-refractivity contribution >= 4 is 0 Å². The van der Waals surface area contributed by atoms with Crippen molar-refractivity contribution in [1.29, 1.82) is 0 Å². The summed E-state index contributed by atoms with van der Waals surface area (Å²) >= 11 is 0. The van der Waals surface area contributed by atoms with Crippen LogP contribution in [0, 0.1) is 0 Å². The second-order valence-electron chi connectivity index (χ2n) is 3.51. The first-order chi connectivity index (χ1) is 6.79. The van der Waals surface area contributed by atoms with Crippen molar-refractivity contribution in [3.8, 4) is 0 Å². The van der Waals surface area contributed by atoms with Gasteiger partial charge in [-0.3, -0.25) is 4.90 Å². The van der Waals surface area contributed by atoms with Crippen LogP contribution in [-0.2, 0) is 0 Å². The molecule has 0 aliphatic carbocycles. The topological polar surface area (TPSA) is 35.5 Å². The normalized spacial score (nSPS) is 13.1. The molecule has 1 unspecified atom stereocenters. The van der Waals surface area contributed by atoms with Gasteiger partial charge in [0.2, 0.25) is 0 Å². The van der Waals surface area contributed by atoms with Crippen molar-refractivity contribution in [2.45, 2.75) is 25.8 Å². The largest absolute Gasteiger partial charge is 0.395 e. The number of nitrogens with zero attached hydrogens (tertiary/aromatic N) is 1. The van der Waals surface area contributed by atoms with Crippen LogP contribution in [-0.4, -0.2) is 49.3 Å². The Morgan fingerprint density at radius 1 is 1.57 bits per heavy atom. The summed E-state index contributed by atoms with van der Waals surface area (Å²) in [6.45, 7) is 8.71. The Bertz CT molecular complexity index is 133. The van der Waals surface area contributed by atoms with Gasteiger partial charge in [0, 0.05) is 25.7 Å². The zero-order chi connectivity index (χ0) is 10.8. The molecule has 3 nitrogen and oxygen atoms in total. The molecular formula is C11H24N2O. The summed E-state index contributed by atoms with van der Waals surface area (Å²) in [5.41, 5.74) is 0. The first-order valence-electron chi connectivity index (χ1n) is 5.40. The number of hydrogen-bond acceptors (Lipinski definition) is 3. The second-order valence-corrected chi connectivity index (χ2v) is 3.51. The van der Waals surface area contributed by atoms with Gasteiger partial charge in [-0.1, -0.05) is 19.4 Å². The third kappa shape index (κ3) is 5.37. The summed E-state index contributed by atoms with van der Waals surface area (Å²) in [4.78, 5) is 2.27. The van der Waals surface area contributed by atoms with Crippen LogP contribution in [0.1, 0.15) is 19.8 Å².